The molecule has 23 heavy (non-hydrogen) atoms. The van der Waals surface area contributed by atoms with E-state index in [-0.39, 0.29) is 26.2 Å². The van der Waals surface area contributed by atoms with E-state index in [1.54, 1.807) is 0 Å². The van der Waals surface area contributed by atoms with Crippen LogP contribution in [0.1, 0.15) is 20.7 Å². The maximum atomic E-state index is 13.3. The summed E-state index contributed by atoms with van der Waals surface area (Å²) in [6.07, 6.45) is 0. The number of carbonyl (C=O) groups is 3. The van der Waals surface area contributed by atoms with E-state index in [2.05, 4.69) is 10.6 Å². The van der Waals surface area contributed by atoms with Gasteiger partial charge in [-0.05, 0) is 24.3 Å². The predicted octanol–water partition coefficient (Wildman–Crippen LogP) is 2.38. The molecule has 0 aliphatic heterocycles. The van der Waals surface area contributed by atoms with Crippen LogP contribution in [0.15, 0.2) is 24.3 Å². The van der Waals surface area contributed by atoms with Gasteiger partial charge in [-0.25, -0.2) is 9.18 Å². The van der Waals surface area contributed by atoms with Crippen molar-refractivity contribution in [3.63, 3.8) is 0 Å². The number of urea groups is 1. The van der Waals surface area contributed by atoms with E-state index in [0.717, 1.165) is 23.5 Å². The molecule has 0 fully saturated rings. The smallest absolute Gasteiger partial charge is 0.317 e. The highest BCUT2D eigenvalue weighted by molar-refractivity contribution is 7.20. The average molecular weight is 357 g/mol. The van der Waals surface area contributed by atoms with Crippen LogP contribution in [0.3, 0.4) is 0 Å². The van der Waals surface area contributed by atoms with Crippen molar-refractivity contribution < 1.29 is 18.8 Å². The Hall–Kier alpha value is -2.65. The number of halogens is 2. The van der Waals surface area contributed by atoms with Crippen LogP contribution in [0.2, 0.25) is 5.02 Å². The van der Waals surface area contributed by atoms with Crippen LogP contribution >= 0.6 is 22.9 Å². The zero-order chi connectivity index (χ0) is 17.1. The summed E-state index contributed by atoms with van der Waals surface area (Å²) < 4.78 is 13.3. The maximum absolute atomic E-state index is 13.3. The second-order valence-corrected chi connectivity index (χ2v) is 5.81. The average Bonchev–Trinajstić information content (AvgIpc) is 2.79. The normalized spacial score (nSPS) is 10.2. The molecule has 0 aliphatic rings. The van der Waals surface area contributed by atoms with Crippen molar-refractivity contribution in [2.45, 2.75) is 0 Å². The Kier molecular flexibility index (Phi) is 4.82. The number of hydrogen-bond donors (Lipinski definition) is 4. The summed E-state index contributed by atoms with van der Waals surface area (Å²) in [6, 6.07) is 3.74. The van der Waals surface area contributed by atoms with E-state index in [0.29, 0.717) is 0 Å². The lowest BCUT2D eigenvalue weighted by Crippen LogP contribution is -2.21. The quantitative estimate of drug-likeness (QED) is 0.671. The minimum atomic E-state index is -0.885. The van der Waals surface area contributed by atoms with Crippen molar-refractivity contribution in [3.05, 3.63) is 46.2 Å². The zero-order valence-corrected chi connectivity index (χ0v) is 12.9. The van der Waals surface area contributed by atoms with E-state index < -0.39 is 23.7 Å². The summed E-state index contributed by atoms with van der Waals surface area (Å²) in [4.78, 5) is 34.3. The molecule has 0 aliphatic carbocycles. The first-order valence-corrected chi connectivity index (χ1v) is 7.23. The molecule has 7 nitrogen and oxygen atoms in total. The molecule has 0 bridgehead atoms. The van der Waals surface area contributed by atoms with Crippen molar-refractivity contribution in [1.29, 1.82) is 0 Å². The van der Waals surface area contributed by atoms with E-state index in [4.69, 9.17) is 23.1 Å². The van der Waals surface area contributed by atoms with Gasteiger partial charge in [-0.2, -0.15) is 0 Å². The van der Waals surface area contributed by atoms with Crippen LogP contribution in [0.4, 0.5) is 19.2 Å². The molecule has 0 atom stereocenters. The number of rotatable bonds is 4. The third-order valence-electron chi connectivity index (χ3n) is 2.60. The van der Waals surface area contributed by atoms with Gasteiger partial charge in [0.15, 0.2) is 0 Å². The fourth-order valence-corrected chi connectivity index (χ4v) is 2.89. The summed E-state index contributed by atoms with van der Waals surface area (Å²) in [6.45, 7) is 0. The first kappa shape index (κ1) is 16.7. The molecule has 0 saturated carbocycles. The Bertz CT molecular complexity index is 788. The van der Waals surface area contributed by atoms with Gasteiger partial charge in [-0.3, -0.25) is 14.9 Å². The van der Waals surface area contributed by atoms with Gasteiger partial charge in [-0.1, -0.05) is 22.9 Å². The van der Waals surface area contributed by atoms with Gasteiger partial charge in [0.05, 0.1) is 10.6 Å². The van der Waals surface area contributed by atoms with Gasteiger partial charge in [0.25, 0.3) is 11.8 Å². The molecule has 0 unspecified atom stereocenters. The van der Waals surface area contributed by atoms with Gasteiger partial charge >= 0.3 is 6.03 Å². The summed E-state index contributed by atoms with van der Waals surface area (Å²) >= 11 is 6.56. The molecule has 1 heterocycles. The van der Waals surface area contributed by atoms with Crippen molar-refractivity contribution in [2.24, 2.45) is 11.5 Å². The SMILES string of the molecule is NC(=O)Nc1sc(NC(=O)c2cc(F)cc(Cl)c2)cc1C(N)=O. The van der Waals surface area contributed by atoms with Gasteiger partial charge < -0.3 is 16.8 Å². The molecule has 0 radical (unpaired) electrons. The van der Waals surface area contributed by atoms with Crippen molar-refractivity contribution in [1.82, 2.24) is 0 Å². The first-order valence-electron chi connectivity index (χ1n) is 6.04. The maximum Gasteiger partial charge on any atom is 0.317 e. The molecular formula is C13H10ClFN4O3S. The summed E-state index contributed by atoms with van der Waals surface area (Å²) in [5.74, 6) is -2.11. The van der Waals surface area contributed by atoms with E-state index in [1.807, 2.05) is 0 Å². The highest BCUT2D eigenvalue weighted by atomic mass is 35.5. The molecule has 2 rings (SSSR count). The van der Waals surface area contributed by atoms with E-state index in [1.165, 1.54) is 12.1 Å². The highest BCUT2D eigenvalue weighted by Crippen LogP contribution is 2.32. The molecule has 1 aromatic carbocycles. The van der Waals surface area contributed by atoms with Gasteiger partial charge in [-0.15, -0.1) is 0 Å². The number of carbonyl (C=O) groups excluding carboxylic acids is 3. The van der Waals surface area contributed by atoms with Crippen LogP contribution in [0.5, 0.6) is 0 Å². The van der Waals surface area contributed by atoms with Crippen LogP contribution in [0.25, 0.3) is 0 Å². The van der Waals surface area contributed by atoms with Gasteiger partial charge in [0.2, 0.25) is 0 Å². The van der Waals surface area contributed by atoms with Crippen LogP contribution in [0, 0.1) is 5.82 Å². The number of hydrogen-bond acceptors (Lipinski definition) is 4. The lowest BCUT2D eigenvalue weighted by Gasteiger charge is -2.03. The van der Waals surface area contributed by atoms with Crippen molar-refractivity contribution in [3.8, 4) is 0 Å². The number of thiophene rings is 1. The molecule has 10 heteroatoms. The Morgan fingerprint density at radius 2 is 1.78 bits per heavy atom. The third-order valence-corrected chi connectivity index (χ3v) is 3.78. The minimum absolute atomic E-state index is 0.00608. The molecule has 6 N–H and O–H groups in total. The predicted molar refractivity (Wildman–Crippen MR) is 85.4 cm³/mol. The van der Waals surface area contributed by atoms with Crippen LogP contribution < -0.4 is 22.1 Å². The number of primary amides is 2. The minimum Gasteiger partial charge on any atom is -0.366 e. The highest BCUT2D eigenvalue weighted by Gasteiger charge is 2.17. The van der Waals surface area contributed by atoms with Gasteiger partial charge in [0, 0.05) is 10.6 Å². The topological polar surface area (TPSA) is 127 Å². The summed E-state index contributed by atoms with van der Waals surface area (Å²) in [5, 5.41) is 5.06. The first-order chi connectivity index (χ1) is 10.8. The Labute approximate surface area is 138 Å². The number of nitrogens with one attached hydrogen (secondary N) is 2. The second kappa shape index (κ2) is 6.63. The van der Waals surface area contributed by atoms with E-state index in [9.17, 15) is 18.8 Å². The molecule has 1 aromatic heterocycles. The molecule has 120 valence electrons. The van der Waals surface area contributed by atoms with Crippen molar-refractivity contribution in [2.75, 3.05) is 10.6 Å². The Balaban J connectivity index is 2.27. The number of nitrogens with two attached hydrogens (primary N) is 2. The number of benzene rings is 1. The second-order valence-electron chi connectivity index (χ2n) is 4.32. The summed E-state index contributed by atoms with van der Waals surface area (Å²) in [7, 11) is 0. The number of anilines is 2. The van der Waals surface area contributed by atoms with Gasteiger partial charge in [0.1, 0.15) is 10.8 Å². The lowest BCUT2D eigenvalue weighted by atomic mass is 10.2. The molecule has 0 saturated heterocycles. The molecule has 4 amide bonds. The fraction of sp³-hybridized carbons (Fsp3) is 0. The monoisotopic (exact) mass is 356 g/mol. The Morgan fingerprint density at radius 1 is 1.09 bits per heavy atom. The Morgan fingerprint density at radius 3 is 2.35 bits per heavy atom. The standard InChI is InChI=1S/C13H10ClFN4O3S/c14-6-1-5(2-7(15)3-6)11(21)18-9-4-8(10(16)20)12(23-9)19-13(17)22/h1-4H,(H2,16,20)(H,18,21)(H3,17,19,22). The lowest BCUT2D eigenvalue weighted by molar-refractivity contribution is 0.0997. The molecule has 2 aromatic rings. The third kappa shape index (κ3) is 4.18. The van der Waals surface area contributed by atoms with Crippen LogP contribution in [-0.4, -0.2) is 17.8 Å². The molecular weight excluding hydrogens is 347 g/mol. The number of amides is 4. The molecule has 0 spiro atoms. The largest absolute Gasteiger partial charge is 0.366 e. The van der Waals surface area contributed by atoms with Crippen molar-refractivity contribution >= 4 is 50.8 Å². The van der Waals surface area contributed by atoms with Crippen LogP contribution in [-0.2, 0) is 0 Å². The zero-order valence-electron chi connectivity index (χ0n) is 11.4. The van der Waals surface area contributed by atoms with E-state index >= 15 is 0 Å². The summed E-state index contributed by atoms with van der Waals surface area (Å²) in [5.41, 5.74) is 10.2. The fourth-order valence-electron chi connectivity index (χ4n) is 1.71.